The molecule has 0 saturated carbocycles. The van der Waals surface area contributed by atoms with E-state index in [0.29, 0.717) is 10.7 Å². The number of hydrogen-bond acceptors (Lipinski definition) is 4. The van der Waals surface area contributed by atoms with Crippen molar-refractivity contribution in [3.63, 3.8) is 0 Å². The molecule has 2 aromatic rings. The molecule has 2 aromatic carbocycles. The number of benzene rings is 2. The third-order valence-electron chi connectivity index (χ3n) is 2.76. The van der Waals surface area contributed by atoms with Crippen molar-refractivity contribution in [1.82, 2.24) is 0 Å². The number of hydrogen-bond donors (Lipinski definition) is 2. The standard InChI is InChI=1S/C15H13ClN4S/c1-21-15(18)20(10-17)12-7-8-14(13(16)9-12)19-11-5-3-2-4-6-11/h2-9,18-19H,1H3. The fraction of sp³-hybridized carbons (Fsp3) is 0.0667. The summed E-state index contributed by atoms with van der Waals surface area (Å²) in [6.45, 7) is 0. The fourth-order valence-corrected chi connectivity index (χ4v) is 2.28. The van der Waals surface area contributed by atoms with E-state index in [1.807, 2.05) is 36.5 Å². The first-order valence-electron chi connectivity index (χ1n) is 6.09. The first-order chi connectivity index (χ1) is 10.2. The number of rotatable bonds is 3. The van der Waals surface area contributed by atoms with E-state index in [-0.39, 0.29) is 5.17 Å². The van der Waals surface area contributed by atoms with E-state index in [1.165, 1.54) is 16.7 Å². The van der Waals surface area contributed by atoms with Gasteiger partial charge in [0, 0.05) is 5.69 Å². The van der Waals surface area contributed by atoms with E-state index < -0.39 is 0 Å². The number of nitrogens with one attached hydrogen (secondary N) is 2. The highest BCUT2D eigenvalue weighted by molar-refractivity contribution is 8.13. The molecule has 2 N–H and O–H groups in total. The monoisotopic (exact) mass is 316 g/mol. The van der Waals surface area contributed by atoms with Gasteiger partial charge in [0.1, 0.15) is 0 Å². The lowest BCUT2D eigenvalue weighted by atomic mass is 10.2. The molecule has 0 atom stereocenters. The lowest BCUT2D eigenvalue weighted by Gasteiger charge is -2.16. The number of thioether (sulfide) groups is 1. The van der Waals surface area contributed by atoms with Crippen molar-refractivity contribution in [2.24, 2.45) is 0 Å². The molecule has 0 bridgehead atoms. The molecular formula is C15H13ClN4S. The third kappa shape index (κ3) is 3.69. The lowest BCUT2D eigenvalue weighted by molar-refractivity contribution is 1.31. The van der Waals surface area contributed by atoms with Crippen molar-refractivity contribution in [2.75, 3.05) is 16.5 Å². The van der Waals surface area contributed by atoms with Crippen molar-refractivity contribution in [3.05, 3.63) is 53.6 Å². The molecule has 106 valence electrons. The van der Waals surface area contributed by atoms with Crippen molar-refractivity contribution >= 4 is 45.6 Å². The Kier molecular flexibility index (Phi) is 5.09. The maximum Gasteiger partial charge on any atom is 0.191 e. The van der Waals surface area contributed by atoms with Crippen molar-refractivity contribution in [3.8, 4) is 6.19 Å². The Morgan fingerprint density at radius 3 is 2.57 bits per heavy atom. The number of nitrogens with zero attached hydrogens (tertiary/aromatic N) is 2. The van der Waals surface area contributed by atoms with Crippen LogP contribution in [0.4, 0.5) is 17.1 Å². The molecule has 0 radical (unpaired) electrons. The molecule has 0 aliphatic heterocycles. The highest BCUT2D eigenvalue weighted by atomic mass is 35.5. The van der Waals surface area contributed by atoms with Gasteiger partial charge in [-0.1, -0.05) is 41.6 Å². The van der Waals surface area contributed by atoms with Crippen molar-refractivity contribution in [2.45, 2.75) is 0 Å². The molecule has 0 aliphatic carbocycles. The Labute approximate surface area is 132 Å². The van der Waals surface area contributed by atoms with Crippen LogP contribution in [0, 0.1) is 16.9 Å². The second kappa shape index (κ2) is 7.02. The second-order valence-corrected chi connectivity index (χ2v) is 5.30. The highest BCUT2D eigenvalue weighted by Crippen LogP contribution is 2.30. The topological polar surface area (TPSA) is 62.9 Å². The van der Waals surface area contributed by atoms with Crippen LogP contribution in [0.5, 0.6) is 0 Å². The normalized spacial score (nSPS) is 9.76. The zero-order chi connectivity index (χ0) is 15.2. The molecule has 0 aromatic heterocycles. The van der Waals surface area contributed by atoms with Crippen LogP contribution < -0.4 is 10.2 Å². The zero-order valence-electron chi connectivity index (χ0n) is 11.3. The number of nitriles is 1. The van der Waals surface area contributed by atoms with E-state index in [4.69, 9.17) is 22.3 Å². The number of halogens is 1. The molecule has 21 heavy (non-hydrogen) atoms. The Bertz CT molecular complexity index is 682. The van der Waals surface area contributed by atoms with E-state index in [1.54, 1.807) is 24.5 Å². The van der Waals surface area contributed by atoms with Crippen LogP contribution in [0.2, 0.25) is 5.02 Å². The van der Waals surface area contributed by atoms with Crippen LogP contribution in [0.15, 0.2) is 48.5 Å². The van der Waals surface area contributed by atoms with Crippen LogP contribution in [0.1, 0.15) is 0 Å². The van der Waals surface area contributed by atoms with Crippen LogP contribution >= 0.6 is 23.4 Å². The fourth-order valence-electron chi connectivity index (χ4n) is 1.73. The molecular weight excluding hydrogens is 304 g/mol. The first kappa shape index (κ1) is 15.2. The SMILES string of the molecule is CSC(=N)N(C#N)c1ccc(Nc2ccccc2)c(Cl)c1. The van der Waals surface area contributed by atoms with E-state index >= 15 is 0 Å². The predicted octanol–water partition coefficient (Wildman–Crippen LogP) is 4.67. The molecule has 0 aliphatic rings. The Balaban J connectivity index is 2.25. The van der Waals surface area contributed by atoms with Gasteiger partial charge in [0.15, 0.2) is 11.4 Å². The maximum atomic E-state index is 9.14. The zero-order valence-corrected chi connectivity index (χ0v) is 12.9. The van der Waals surface area contributed by atoms with Gasteiger partial charge in [-0.15, -0.1) is 0 Å². The van der Waals surface area contributed by atoms with E-state index in [2.05, 4.69) is 5.32 Å². The van der Waals surface area contributed by atoms with Gasteiger partial charge in [0.05, 0.1) is 16.4 Å². The van der Waals surface area contributed by atoms with Gasteiger partial charge in [-0.3, -0.25) is 5.41 Å². The van der Waals surface area contributed by atoms with Crippen LogP contribution in [-0.4, -0.2) is 11.4 Å². The van der Waals surface area contributed by atoms with Crippen LogP contribution in [0.3, 0.4) is 0 Å². The molecule has 0 heterocycles. The minimum atomic E-state index is 0.150. The van der Waals surface area contributed by atoms with Crippen LogP contribution in [-0.2, 0) is 0 Å². The van der Waals surface area contributed by atoms with E-state index in [0.717, 1.165) is 11.4 Å². The van der Waals surface area contributed by atoms with Gasteiger partial charge in [-0.25, -0.2) is 4.90 Å². The number of anilines is 3. The number of amidine groups is 1. The molecule has 0 spiro atoms. The molecule has 0 unspecified atom stereocenters. The average molecular weight is 317 g/mol. The second-order valence-electron chi connectivity index (χ2n) is 4.10. The largest absolute Gasteiger partial charge is 0.354 e. The molecule has 4 nitrogen and oxygen atoms in total. The summed E-state index contributed by atoms with van der Waals surface area (Å²) in [5.74, 6) is 0. The first-order valence-corrected chi connectivity index (χ1v) is 7.70. The van der Waals surface area contributed by atoms with Crippen molar-refractivity contribution in [1.29, 1.82) is 10.7 Å². The summed E-state index contributed by atoms with van der Waals surface area (Å²) in [6.07, 6.45) is 3.72. The third-order valence-corrected chi connectivity index (χ3v) is 3.64. The van der Waals surface area contributed by atoms with Crippen LogP contribution in [0.25, 0.3) is 0 Å². The maximum absolute atomic E-state index is 9.14. The minimum absolute atomic E-state index is 0.150. The summed E-state index contributed by atoms with van der Waals surface area (Å²) in [6, 6.07) is 14.9. The summed E-state index contributed by atoms with van der Waals surface area (Å²) in [7, 11) is 0. The molecule has 0 amide bonds. The molecule has 6 heteroatoms. The number of para-hydroxylation sites is 1. The quantitative estimate of drug-likeness (QED) is 0.374. The van der Waals surface area contributed by atoms with Gasteiger partial charge < -0.3 is 5.32 Å². The summed E-state index contributed by atoms with van der Waals surface area (Å²) < 4.78 is 0. The Morgan fingerprint density at radius 2 is 2.00 bits per heavy atom. The average Bonchev–Trinajstić information content (AvgIpc) is 2.51. The smallest absolute Gasteiger partial charge is 0.191 e. The summed E-state index contributed by atoms with van der Waals surface area (Å²) in [5, 5.41) is 20.7. The minimum Gasteiger partial charge on any atom is -0.354 e. The summed E-state index contributed by atoms with van der Waals surface area (Å²) in [4.78, 5) is 1.23. The Hall–Kier alpha value is -2.16. The van der Waals surface area contributed by atoms with Gasteiger partial charge in [-0.05, 0) is 36.6 Å². The van der Waals surface area contributed by atoms with Gasteiger partial charge in [0.2, 0.25) is 0 Å². The molecule has 2 rings (SSSR count). The Morgan fingerprint density at radius 1 is 1.29 bits per heavy atom. The highest BCUT2D eigenvalue weighted by Gasteiger charge is 2.12. The summed E-state index contributed by atoms with van der Waals surface area (Å²) in [5.41, 5.74) is 2.25. The van der Waals surface area contributed by atoms with Crippen molar-refractivity contribution < 1.29 is 0 Å². The van der Waals surface area contributed by atoms with Gasteiger partial charge in [0.25, 0.3) is 0 Å². The molecule has 0 fully saturated rings. The predicted molar refractivity (Wildman–Crippen MR) is 90.5 cm³/mol. The van der Waals surface area contributed by atoms with Gasteiger partial charge in [-0.2, -0.15) is 5.26 Å². The molecule has 0 saturated heterocycles. The summed E-state index contributed by atoms with van der Waals surface area (Å²) >= 11 is 7.45. The lowest BCUT2D eigenvalue weighted by Crippen LogP contribution is -2.21. The van der Waals surface area contributed by atoms with E-state index in [9.17, 15) is 0 Å². The van der Waals surface area contributed by atoms with Gasteiger partial charge >= 0.3 is 0 Å².